The van der Waals surface area contributed by atoms with Gasteiger partial charge in [-0.1, -0.05) is 0 Å². The Bertz CT molecular complexity index is 672. The highest BCUT2D eigenvalue weighted by molar-refractivity contribution is 5.78. The summed E-state index contributed by atoms with van der Waals surface area (Å²) in [5.41, 5.74) is 3.03. The average molecular weight is 334 g/mol. The van der Waals surface area contributed by atoms with E-state index < -0.39 is 0 Å². The van der Waals surface area contributed by atoms with Crippen molar-refractivity contribution in [3.05, 3.63) is 11.9 Å². The number of nitrogens with zero attached hydrogens (tertiary/aromatic N) is 5. The smallest absolute Gasteiger partial charge is 0.222 e. The summed E-state index contributed by atoms with van der Waals surface area (Å²) in [7, 11) is 4.13. The Labute approximate surface area is 144 Å². The number of nitrogens with one attached hydrogen (secondary N) is 1. The topological polar surface area (TPSA) is 68.0 Å². The number of aromatic nitrogens is 4. The van der Waals surface area contributed by atoms with E-state index in [0.29, 0.717) is 13.0 Å². The maximum atomic E-state index is 12.1. The standard InChI is InChI=1S/C17H30N6O/c1-6-22-15-12-18-23(17(15)14(3)20-22)11-9-16(24)19-13(2)8-7-10-21(4)5/h12-13H,6-11H2,1-5H3,(H,19,24). The number of fused-ring (bicyclic) bond motifs is 1. The van der Waals surface area contributed by atoms with Crippen LogP contribution in [0, 0.1) is 6.92 Å². The van der Waals surface area contributed by atoms with Crippen LogP contribution < -0.4 is 5.32 Å². The maximum Gasteiger partial charge on any atom is 0.222 e. The second-order valence-electron chi connectivity index (χ2n) is 6.67. The van der Waals surface area contributed by atoms with E-state index in [1.165, 1.54) is 0 Å². The first kappa shape index (κ1) is 18.4. The van der Waals surface area contributed by atoms with Crippen molar-refractivity contribution >= 4 is 16.9 Å². The Morgan fingerprint density at radius 3 is 2.79 bits per heavy atom. The number of carbonyl (C=O) groups excluding carboxylic acids is 1. The molecule has 0 aliphatic carbocycles. The Morgan fingerprint density at radius 1 is 1.38 bits per heavy atom. The lowest BCUT2D eigenvalue weighted by Gasteiger charge is -2.15. The summed E-state index contributed by atoms with van der Waals surface area (Å²) in [5.74, 6) is 0.0801. The quantitative estimate of drug-likeness (QED) is 0.759. The zero-order valence-electron chi connectivity index (χ0n) is 15.5. The molecule has 2 aromatic heterocycles. The lowest BCUT2D eigenvalue weighted by Crippen LogP contribution is -2.33. The molecule has 1 unspecified atom stereocenters. The molecule has 2 heterocycles. The third kappa shape index (κ3) is 4.56. The van der Waals surface area contributed by atoms with E-state index in [2.05, 4.69) is 48.4 Å². The maximum absolute atomic E-state index is 12.1. The molecule has 0 aliphatic rings. The van der Waals surface area contributed by atoms with Gasteiger partial charge in [0.15, 0.2) is 0 Å². The first-order chi connectivity index (χ1) is 11.4. The SMILES string of the molecule is CCn1nc(C)c2c1cnn2CCC(=O)NC(C)CCCN(C)C. The molecule has 0 bridgehead atoms. The van der Waals surface area contributed by atoms with Crippen LogP contribution in [-0.4, -0.2) is 57.1 Å². The molecule has 7 nitrogen and oxygen atoms in total. The Hall–Kier alpha value is -1.89. The van der Waals surface area contributed by atoms with Gasteiger partial charge >= 0.3 is 0 Å². The first-order valence-electron chi connectivity index (χ1n) is 8.75. The molecule has 0 saturated heterocycles. The van der Waals surface area contributed by atoms with Gasteiger partial charge in [-0.15, -0.1) is 0 Å². The third-order valence-electron chi connectivity index (χ3n) is 4.21. The number of carbonyl (C=O) groups is 1. The number of rotatable bonds is 9. The van der Waals surface area contributed by atoms with E-state index in [-0.39, 0.29) is 11.9 Å². The Balaban J connectivity index is 1.85. The van der Waals surface area contributed by atoms with Gasteiger partial charge in [0.1, 0.15) is 11.0 Å². The van der Waals surface area contributed by atoms with Gasteiger partial charge in [-0.05, 0) is 54.3 Å². The van der Waals surface area contributed by atoms with Crippen molar-refractivity contribution < 1.29 is 4.79 Å². The van der Waals surface area contributed by atoms with Gasteiger partial charge in [-0.2, -0.15) is 10.2 Å². The molecule has 2 aromatic rings. The van der Waals surface area contributed by atoms with E-state index in [9.17, 15) is 4.79 Å². The molecule has 2 rings (SSSR count). The molecule has 24 heavy (non-hydrogen) atoms. The second-order valence-corrected chi connectivity index (χ2v) is 6.67. The molecule has 1 atom stereocenters. The summed E-state index contributed by atoms with van der Waals surface area (Å²) >= 11 is 0. The highest BCUT2D eigenvalue weighted by atomic mass is 16.1. The minimum Gasteiger partial charge on any atom is -0.354 e. The van der Waals surface area contributed by atoms with Gasteiger partial charge in [0.25, 0.3) is 0 Å². The van der Waals surface area contributed by atoms with Gasteiger partial charge in [-0.3, -0.25) is 14.2 Å². The van der Waals surface area contributed by atoms with Crippen LogP contribution in [0.4, 0.5) is 0 Å². The van der Waals surface area contributed by atoms with Crippen LogP contribution in [0.2, 0.25) is 0 Å². The molecule has 7 heteroatoms. The molecule has 0 spiro atoms. The fraction of sp³-hybridized carbons (Fsp3) is 0.706. The van der Waals surface area contributed by atoms with E-state index in [1.54, 1.807) is 0 Å². The molecular weight excluding hydrogens is 304 g/mol. The van der Waals surface area contributed by atoms with Crippen LogP contribution in [0.3, 0.4) is 0 Å². The highest BCUT2D eigenvalue weighted by Gasteiger charge is 2.14. The van der Waals surface area contributed by atoms with Crippen molar-refractivity contribution in [3.8, 4) is 0 Å². The zero-order chi connectivity index (χ0) is 17.7. The molecule has 0 saturated carbocycles. The van der Waals surface area contributed by atoms with Crippen LogP contribution in [0.25, 0.3) is 11.0 Å². The summed E-state index contributed by atoms with van der Waals surface area (Å²) in [6, 6.07) is 0.208. The van der Waals surface area contributed by atoms with Crippen molar-refractivity contribution in [2.45, 2.75) is 59.2 Å². The summed E-state index contributed by atoms with van der Waals surface area (Å²) in [5, 5.41) is 12.0. The van der Waals surface area contributed by atoms with Crippen LogP contribution in [0.15, 0.2) is 6.20 Å². The molecule has 0 aliphatic heterocycles. The van der Waals surface area contributed by atoms with Gasteiger partial charge < -0.3 is 10.2 Å². The molecule has 0 fully saturated rings. The Morgan fingerprint density at radius 2 is 2.12 bits per heavy atom. The summed E-state index contributed by atoms with van der Waals surface area (Å²) in [6.07, 6.45) is 4.36. The lowest BCUT2D eigenvalue weighted by atomic mass is 10.1. The fourth-order valence-electron chi connectivity index (χ4n) is 2.97. The third-order valence-corrected chi connectivity index (χ3v) is 4.21. The predicted molar refractivity (Wildman–Crippen MR) is 95.9 cm³/mol. The van der Waals surface area contributed by atoms with Gasteiger partial charge in [0.05, 0.1) is 18.4 Å². The highest BCUT2D eigenvalue weighted by Crippen LogP contribution is 2.18. The molecular formula is C17H30N6O. The van der Waals surface area contributed by atoms with Gasteiger partial charge in [0.2, 0.25) is 5.91 Å². The normalized spacial score (nSPS) is 12.9. The van der Waals surface area contributed by atoms with Gasteiger partial charge in [-0.25, -0.2) is 0 Å². The van der Waals surface area contributed by atoms with Crippen molar-refractivity contribution in [2.24, 2.45) is 0 Å². The summed E-state index contributed by atoms with van der Waals surface area (Å²) in [6.45, 7) is 8.56. The van der Waals surface area contributed by atoms with E-state index in [1.807, 2.05) is 22.5 Å². The number of aryl methyl sites for hydroxylation is 3. The minimum atomic E-state index is 0.0801. The van der Waals surface area contributed by atoms with E-state index in [4.69, 9.17) is 0 Å². The van der Waals surface area contributed by atoms with Crippen LogP contribution in [-0.2, 0) is 17.9 Å². The second kappa shape index (κ2) is 8.28. The average Bonchev–Trinajstić information content (AvgIpc) is 3.06. The summed E-state index contributed by atoms with van der Waals surface area (Å²) in [4.78, 5) is 14.3. The van der Waals surface area contributed by atoms with E-state index >= 15 is 0 Å². The molecule has 1 amide bonds. The molecule has 134 valence electrons. The lowest BCUT2D eigenvalue weighted by molar-refractivity contribution is -0.122. The molecule has 0 aromatic carbocycles. The van der Waals surface area contributed by atoms with Gasteiger partial charge in [0, 0.05) is 19.0 Å². The van der Waals surface area contributed by atoms with E-state index in [0.717, 1.165) is 42.7 Å². The first-order valence-corrected chi connectivity index (χ1v) is 8.75. The van der Waals surface area contributed by atoms with Crippen molar-refractivity contribution in [1.82, 2.24) is 29.8 Å². The largest absolute Gasteiger partial charge is 0.354 e. The number of amides is 1. The number of hydrogen-bond donors (Lipinski definition) is 1. The minimum absolute atomic E-state index is 0.0801. The monoisotopic (exact) mass is 334 g/mol. The van der Waals surface area contributed by atoms with Crippen molar-refractivity contribution in [2.75, 3.05) is 20.6 Å². The van der Waals surface area contributed by atoms with Crippen molar-refractivity contribution in [1.29, 1.82) is 0 Å². The summed E-state index contributed by atoms with van der Waals surface area (Å²) < 4.78 is 3.83. The predicted octanol–water partition coefficient (Wildman–Crippen LogP) is 1.80. The van der Waals surface area contributed by atoms with Crippen molar-refractivity contribution in [3.63, 3.8) is 0 Å². The van der Waals surface area contributed by atoms with Crippen LogP contribution >= 0.6 is 0 Å². The fourth-order valence-corrected chi connectivity index (χ4v) is 2.97. The molecule has 0 radical (unpaired) electrons. The molecule has 1 N–H and O–H groups in total. The van der Waals surface area contributed by atoms with Crippen LogP contribution in [0.1, 0.15) is 38.8 Å². The number of hydrogen-bond acceptors (Lipinski definition) is 4. The Kier molecular flexibility index (Phi) is 6.36. The zero-order valence-corrected chi connectivity index (χ0v) is 15.5. The van der Waals surface area contributed by atoms with Crippen LogP contribution in [0.5, 0.6) is 0 Å².